The van der Waals surface area contributed by atoms with Gasteiger partial charge in [-0.2, -0.15) is 0 Å². The molecule has 0 bridgehead atoms. The molecule has 0 spiro atoms. The van der Waals surface area contributed by atoms with Crippen molar-refractivity contribution >= 4 is 11.9 Å². The topological polar surface area (TPSA) is 77.4 Å². The van der Waals surface area contributed by atoms with Crippen LogP contribution in [-0.4, -0.2) is 47.7 Å². The molecule has 21 heavy (non-hydrogen) atoms. The molecule has 126 valence electrons. The predicted octanol–water partition coefficient (Wildman–Crippen LogP) is 2.04. The molecule has 0 heterocycles. The number of aliphatic carboxylic acids is 2. The fourth-order valence-electron chi connectivity index (χ4n) is 2.78. The van der Waals surface area contributed by atoms with Gasteiger partial charge in [-0.05, 0) is 32.1 Å². The van der Waals surface area contributed by atoms with Crippen LogP contribution in [0.25, 0.3) is 0 Å². The van der Waals surface area contributed by atoms with Crippen molar-refractivity contribution in [2.75, 3.05) is 26.2 Å². The van der Waals surface area contributed by atoms with Crippen LogP contribution in [0.2, 0.25) is 0 Å². The van der Waals surface area contributed by atoms with E-state index in [-0.39, 0.29) is 6.42 Å². The molecule has 0 aliphatic rings. The van der Waals surface area contributed by atoms with Crippen LogP contribution in [0.15, 0.2) is 0 Å². The lowest BCUT2D eigenvalue weighted by Gasteiger charge is -2.38. The summed E-state index contributed by atoms with van der Waals surface area (Å²) < 4.78 is 1.38. The Bertz CT molecular complexity index is 236. The monoisotopic (exact) mass is 303 g/mol. The highest BCUT2D eigenvalue weighted by Gasteiger charge is 2.22. The minimum atomic E-state index is -1.33. The van der Waals surface area contributed by atoms with Gasteiger partial charge in [0.25, 0.3) is 0 Å². The van der Waals surface area contributed by atoms with Gasteiger partial charge in [0.2, 0.25) is 0 Å². The first-order valence-electron chi connectivity index (χ1n) is 8.14. The SMILES string of the molecule is CCC[N+](CCC)(CCC)CCC.O=C([O-])CCC(=O)O. The van der Waals surface area contributed by atoms with Gasteiger partial charge in [0, 0.05) is 5.97 Å². The summed E-state index contributed by atoms with van der Waals surface area (Å²) in [5, 5.41) is 17.4. The van der Waals surface area contributed by atoms with Gasteiger partial charge in [-0.3, -0.25) is 4.79 Å². The maximum atomic E-state index is 9.61. The van der Waals surface area contributed by atoms with Crippen molar-refractivity contribution < 1.29 is 24.3 Å². The lowest BCUT2D eigenvalue weighted by atomic mass is 10.2. The van der Waals surface area contributed by atoms with Crippen molar-refractivity contribution in [3.63, 3.8) is 0 Å². The van der Waals surface area contributed by atoms with E-state index >= 15 is 0 Å². The molecule has 0 aromatic rings. The third-order valence-corrected chi connectivity index (χ3v) is 3.33. The van der Waals surface area contributed by atoms with Crippen LogP contribution in [0.4, 0.5) is 0 Å². The second-order valence-electron chi connectivity index (χ2n) is 5.50. The normalized spacial score (nSPS) is 10.7. The highest BCUT2D eigenvalue weighted by Crippen LogP contribution is 2.12. The molecule has 0 rings (SSSR count). The van der Waals surface area contributed by atoms with E-state index in [1.807, 2.05) is 0 Å². The Morgan fingerprint density at radius 3 is 1.29 bits per heavy atom. The van der Waals surface area contributed by atoms with Crippen molar-refractivity contribution in [3.8, 4) is 0 Å². The van der Waals surface area contributed by atoms with E-state index in [9.17, 15) is 14.7 Å². The van der Waals surface area contributed by atoms with Crippen molar-refractivity contribution in [2.24, 2.45) is 0 Å². The Morgan fingerprint density at radius 2 is 1.14 bits per heavy atom. The van der Waals surface area contributed by atoms with E-state index in [1.54, 1.807) is 0 Å². The molecule has 0 radical (unpaired) electrons. The van der Waals surface area contributed by atoms with Crippen molar-refractivity contribution in [1.82, 2.24) is 0 Å². The summed E-state index contributed by atoms with van der Waals surface area (Å²) in [4.78, 5) is 19.1. The summed E-state index contributed by atoms with van der Waals surface area (Å²) in [6.45, 7) is 14.8. The molecule has 0 saturated heterocycles. The van der Waals surface area contributed by atoms with Crippen LogP contribution < -0.4 is 5.11 Å². The van der Waals surface area contributed by atoms with Crippen LogP contribution in [0.3, 0.4) is 0 Å². The molecule has 0 aliphatic carbocycles. The van der Waals surface area contributed by atoms with Crippen LogP contribution in [0.5, 0.6) is 0 Å². The van der Waals surface area contributed by atoms with Gasteiger partial charge in [-0.25, -0.2) is 0 Å². The number of rotatable bonds is 11. The van der Waals surface area contributed by atoms with E-state index in [4.69, 9.17) is 5.11 Å². The zero-order valence-electron chi connectivity index (χ0n) is 14.2. The van der Waals surface area contributed by atoms with Crippen LogP contribution in [0.1, 0.15) is 66.2 Å². The number of nitrogens with zero attached hydrogens (tertiary/aromatic N) is 1. The van der Waals surface area contributed by atoms with Gasteiger partial charge < -0.3 is 19.5 Å². The average Bonchev–Trinajstić information content (AvgIpc) is 2.38. The van der Waals surface area contributed by atoms with Crippen LogP contribution >= 0.6 is 0 Å². The van der Waals surface area contributed by atoms with Gasteiger partial charge in [0.1, 0.15) is 0 Å². The minimum absolute atomic E-state index is 0.359. The molecule has 0 unspecified atom stereocenters. The first-order valence-corrected chi connectivity index (χ1v) is 8.14. The Kier molecular flexibility index (Phi) is 14.6. The molecule has 5 nitrogen and oxygen atoms in total. The molecule has 0 saturated carbocycles. The summed E-state index contributed by atoms with van der Waals surface area (Å²) in [5.41, 5.74) is 0. The molecule has 0 fully saturated rings. The third-order valence-electron chi connectivity index (χ3n) is 3.33. The summed E-state index contributed by atoms with van der Waals surface area (Å²) in [6.07, 6.45) is 4.57. The van der Waals surface area contributed by atoms with E-state index < -0.39 is 18.4 Å². The molecular formula is C16H33NO4. The van der Waals surface area contributed by atoms with Gasteiger partial charge >= 0.3 is 5.97 Å². The first kappa shape index (κ1) is 22.2. The smallest absolute Gasteiger partial charge is 0.303 e. The van der Waals surface area contributed by atoms with Gasteiger partial charge in [0.15, 0.2) is 0 Å². The molecule has 5 heteroatoms. The van der Waals surface area contributed by atoms with E-state index in [0.29, 0.717) is 0 Å². The highest BCUT2D eigenvalue weighted by atomic mass is 16.4. The number of hydrogen-bond donors (Lipinski definition) is 1. The Morgan fingerprint density at radius 1 is 0.810 bits per heavy atom. The first-order chi connectivity index (χ1) is 9.87. The number of quaternary nitrogens is 1. The lowest BCUT2D eigenvalue weighted by Crippen LogP contribution is -2.50. The number of carboxylic acid groups (broad SMARTS) is 2. The van der Waals surface area contributed by atoms with E-state index in [1.165, 1.54) is 56.3 Å². The van der Waals surface area contributed by atoms with Crippen LogP contribution in [-0.2, 0) is 9.59 Å². The maximum absolute atomic E-state index is 9.61. The summed E-state index contributed by atoms with van der Waals surface area (Å²) in [5.74, 6) is -2.44. The molecule has 0 atom stereocenters. The lowest BCUT2D eigenvalue weighted by molar-refractivity contribution is -0.928. The average molecular weight is 303 g/mol. The highest BCUT2D eigenvalue weighted by molar-refractivity contribution is 5.74. The predicted molar refractivity (Wildman–Crippen MR) is 82.8 cm³/mol. The molecule has 0 aromatic heterocycles. The Labute approximate surface area is 129 Å². The van der Waals surface area contributed by atoms with Gasteiger partial charge in [0.05, 0.1) is 32.6 Å². The summed E-state index contributed by atoms with van der Waals surface area (Å²) >= 11 is 0. The van der Waals surface area contributed by atoms with Gasteiger partial charge in [-0.1, -0.05) is 27.7 Å². The molecule has 1 N–H and O–H groups in total. The second kappa shape index (κ2) is 13.9. The third kappa shape index (κ3) is 13.6. The quantitative estimate of drug-likeness (QED) is 0.593. The standard InChI is InChI=1S/C12H28N.C4H6O4/c1-5-9-13(10-6-2,11-7-3)12-8-4;5-3(6)1-2-4(7)8/h5-12H2,1-4H3;1-2H2,(H,5,6)(H,7,8)/q+1;/p-1. The second-order valence-corrected chi connectivity index (χ2v) is 5.50. The maximum Gasteiger partial charge on any atom is 0.303 e. The fraction of sp³-hybridized carbons (Fsp3) is 0.875. The Hall–Kier alpha value is -1.10. The van der Waals surface area contributed by atoms with Gasteiger partial charge in [-0.15, -0.1) is 0 Å². The molecule has 0 aromatic carbocycles. The van der Waals surface area contributed by atoms with Crippen LogP contribution in [0, 0.1) is 0 Å². The number of carbonyl (C=O) groups excluding carboxylic acids is 1. The zero-order valence-corrected chi connectivity index (χ0v) is 14.2. The van der Waals surface area contributed by atoms with E-state index in [2.05, 4.69) is 27.7 Å². The zero-order chi connectivity index (χ0) is 16.7. The van der Waals surface area contributed by atoms with E-state index in [0.717, 1.165) is 0 Å². The fourth-order valence-corrected chi connectivity index (χ4v) is 2.78. The number of hydrogen-bond acceptors (Lipinski definition) is 3. The minimum Gasteiger partial charge on any atom is -0.550 e. The summed E-state index contributed by atoms with van der Waals surface area (Å²) in [6, 6.07) is 0. The molecular weight excluding hydrogens is 270 g/mol. The van der Waals surface area contributed by atoms with Crippen molar-refractivity contribution in [2.45, 2.75) is 66.2 Å². The number of carboxylic acids is 2. The molecule has 0 amide bonds. The summed E-state index contributed by atoms with van der Waals surface area (Å²) in [7, 11) is 0. The number of carbonyl (C=O) groups is 2. The van der Waals surface area contributed by atoms with Crippen molar-refractivity contribution in [3.05, 3.63) is 0 Å². The molecule has 0 aliphatic heterocycles. The Balaban J connectivity index is 0. The largest absolute Gasteiger partial charge is 0.550 e. The van der Waals surface area contributed by atoms with Crippen molar-refractivity contribution in [1.29, 1.82) is 0 Å².